The molecule has 156 valence electrons. The zero-order chi connectivity index (χ0) is 21.7. The Morgan fingerprint density at radius 3 is 2.70 bits per heavy atom. The van der Waals surface area contributed by atoms with Crippen LogP contribution in [0.15, 0.2) is 57.2 Å². The maximum atomic E-state index is 12.6. The van der Waals surface area contributed by atoms with Crippen molar-refractivity contribution in [2.24, 2.45) is 5.10 Å². The molecule has 1 heterocycles. The van der Waals surface area contributed by atoms with Crippen molar-refractivity contribution in [3.05, 3.63) is 68.9 Å². The first-order valence-electron chi connectivity index (χ1n) is 9.25. The topological polar surface area (TPSA) is 112 Å². The number of nitrogens with zero attached hydrogens (tertiary/aromatic N) is 2. The van der Waals surface area contributed by atoms with Crippen LogP contribution in [0.2, 0.25) is 0 Å². The minimum atomic E-state index is -0.903. The molecule has 2 aromatic carbocycles. The third-order valence-corrected chi connectivity index (χ3v) is 4.24. The summed E-state index contributed by atoms with van der Waals surface area (Å²) in [4.78, 5) is 39.5. The summed E-state index contributed by atoms with van der Waals surface area (Å²) in [5.74, 6) is 0.0536. The van der Waals surface area contributed by atoms with Gasteiger partial charge in [0.25, 0.3) is 5.56 Å². The van der Waals surface area contributed by atoms with E-state index < -0.39 is 23.3 Å². The van der Waals surface area contributed by atoms with Gasteiger partial charge in [0.2, 0.25) is 0 Å². The van der Waals surface area contributed by atoms with Gasteiger partial charge in [0.15, 0.2) is 17.6 Å². The van der Waals surface area contributed by atoms with E-state index in [1.807, 2.05) is 0 Å². The fraction of sp³-hybridized carbons (Fsp3) is 0.238. The van der Waals surface area contributed by atoms with Crippen molar-refractivity contribution >= 4 is 23.1 Å². The normalized spacial score (nSPS) is 12.1. The van der Waals surface area contributed by atoms with Crippen LogP contribution in [-0.2, 0) is 9.53 Å². The number of fused-ring (bicyclic) bond motifs is 1. The molecule has 0 fully saturated rings. The second-order valence-electron chi connectivity index (χ2n) is 6.23. The van der Waals surface area contributed by atoms with E-state index in [1.165, 1.54) is 13.3 Å². The maximum Gasteiger partial charge on any atom is 0.349 e. The van der Waals surface area contributed by atoms with Crippen LogP contribution in [0.3, 0.4) is 0 Å². The van der Waals surface area contributed by atoms with Gasteiger partial charge in [-0.15, -0.1) is 4.68 Å². The summed E-state index contributed by atoms with van der Waals surface area (Å²) in [5, 5.41) is 4.36. The Morgan fingerprint density at radius 2 is 1.97 bits per heavy atom. The third-order valence-electron chi connectivity index (χ3n) is 4.24. The molecule has 1 aromatic heterocycles. The molecule has 0 bridgehead atoms. The van der Waals surface area contributed by atoms with Crippen LogP contribution in [0.25, 0.3) is 10.9 Å². The van der Waals surface area contributed by atoms with Gasteiger partial charge in [-0.25, -0.2) is 9.59 Å². The highest BCUT2D eigenvalue weighted by Crippen LogP contribution is 2.31. The lowest BCUT2D eigenvalue weighted by Crippen LogP contribution is -2.32. The number of hydrogen-bond acceptors (Lipinski definition) is 7. The SMILES string of the molecule is CCOC(=O)[C@@H](C)Oc1c(C=Nn2c(=O)[nH]c3ccccc3c2=O)cccc1OC. The summed E-state index contributed by atoms with van der Waals surface area (Å²) in [6.45, 7) is 3.47. The Balaban J connectivity index is 2.02. The van der Waals surface area contributed by atoms with Gasteiger partial charge in [0.05, 0.1) is 30.8 Å². The molecule has 0 unspecified atom stereocenters. The van der Waals surface area contributed by atoms with Crippen LogP contribution in [-0.4, -0.2) is 41.7 Å². The highest BCUT2D eigenvalue weighted by atomic mass is 16.6. The van der Waals surface area contributed by atoms with E-state index in [4.69, 9.17) is 14.2 Å². The fourth-order valence-electron chi connectivity index (χ4n) is 2.78. The molecule has 0 radical (unpaired) electrons. The molecular formula is C21H21N3O6. The van der Waals surface area contributed by atoms with E-state index in [-0.39, 0.29) is 12.4 Å². The summed E-state index contributed by atoms with van der Waals surface area (Å²) in [7, 11) is 1.46. The Kier molecular flexibility index (Phi) is 6.31. The van der Waals surface area contributed by atoms with Crippen molar-refractivity contribution in [2.45, 2.75) is 20.0 Å². The lowest BCUT2D eigenvalue weighted by atomic mass is 10.2. The number of ether oxygens (including phenoxy) is 3. The molecule has 9 heteroatoms. The van der Waals surface area contributed by atoms with Crippen molar-refractivity contribution in [3.8, 4) is 11.5 Å². The van der Waals surface area contributed by atoms with Crippen LogP contribution in [0.4, 0.5) is 0 Å². The summed E-state index contributed by atoms with van der Waals surface area (Å²) in [6.07, 6.45) is 0.390. The average Bonchev–Trinajstić information content (AvgIpc) is 2.74. The van der Waals surface area contributed by atoms with E-state index in [0.717, 1.165) is 4.68 Å². The van der Waals surface area contributed by atoms with Gasteiger partial charge in [-0.05, 0) is 38.1 Å². The van der Waals surface area contributed by atoms with Gasteiger partial charge in [-0.3, -0.25) is 4.79 Å². The molecule has 1 N–H and O–H groups in total. The van der Waals surface area contributed by atoms with Gasteiger partial charge >= 0.3 is 11.7 Å². The highest BCUT2D eigenvalue weighted by Gasteiger charge is 2.20. The van der Waals surface area contributed by atoms with Crippen LogP contribution < -0.4 is 20.7 Å². The van der Waals surface area contributed by atoms with Crippen LogP contribution in [0, 0.1) is 0 Å². The number of H-pyrrole nitrogens is 1. The van der Waals surface area contributed by atoms with Gasteiger partial charge in [-0.2, -0.15) is 5.10 Å². The zero-order valence-corrected chi connectivity index (χ0v) is 16.7. The summed E-state index contributed by atoms with van der Waals surface area (Å²) in [6, 6.07) is 11.6. The predicted octanol–water partition coefficient (Wildman–Crippen LogP) is 1.91. The molecule has 3 rings (SSSR count). The Labute approximate surface area is 171 Å². The molecule has 0 spiro atoms. The second kappa shape index (κ2) is 9.08. The number of carbonyl (C=O) groups is 1. The largest absolute Gasteiger partial charge is 0.493 e. The molecule has 30 heavy (non-hydrogen) atoms. The average molecular weight is 411 g/mol. The number of benzene rings is 2. The first kappa shape index (κ1) is 20.8. The van der Waals surface area contributed by atoms with E-state index in [2.05, 4.69) is 10.1 Å². The number of carbonyl (C=O) groups excluding carboxylic acids is 1. The molecule has 9 nitrogen and oxygen atoms in total. The van der Waals surface area contributed by atoms with Gasteiger partial charge in [0, 0.05) is 5.56 Å². The van der Waals surface area contributed by atoms with Crippen molar-refractivity contribution in [3.63, 3.8) is 0 Å². The van der Waals surface area contributed by atoms with Gasteiger partial charge in [0.1, 0.15) is 0 Å². The number of methoxy groups -OCH3 is 1. The molecule has 3 aromatic rings. The van der Waals surface area contributed by atoms with E-state index in [1.54, 1.807) is 56.3 Å². The Morgan fingerprint density at radius 1 is 1.20 bits per heavy atom. The van der Waals surface area contributed by atoms with E-state index in [0.29, 0.717) is 22.2 Å². The summed E-state index contributed by atoms with van der Waals surface area (Å²) >= 11 is 0. The monoisotopic (exact) mass is 411 g/mol. The van der Waals surface area contributed by atoms with Crippen molar-refractivity contribution < 1.29 is 19.0 Å². The lowest BCUT2D eigenvalue weighted by Gasteiger charge is -2.17. The number of esters is 1. The smallest absolute Gasteiger partial charge is 0.349 e. The first-order chi connectivity index (χ1) is 14.5. The zero-order valence-electron chi connectivity index (χ0n) is 16.7. The van der Waals surface area contributed by atoms with E-state index in [9.17, 15) is 14.4 Å². The highest BCUT2D eigenvalue weighted by molar-refractivity contribution is 5.86. The number of hydrogen-bond donors (Lipinski definition) is 1. The molecule has 0 saturated carbocycles. The standard InChI is InChI=1S/C21H21N3O6/c1-4-29-20(26)13(2)30-18-14(8-7-11-17(18)28-3)12-22-24-19(25)15-9-5-6-10-16(15)23-21(24)27/h5-13H,4H2,1-3H3,(H,23,27)/t13-/m1/s1. The van der Waals surface area contributed by atoms with Crippen molar-refractivity contribution in [1.82, 2.24) is 9.66 Å². The molecule has 0 aliphatic rings. The van der Waals surface area contributed by atoms with Crippen molar-refractivity contribution in [1.29, 1.82) is 0 Å². The number of aromatic amines is 1. The molecule has 0 aliphatic carbocycles. The predicted molar refractivity (Wildman–Crippen MR) is 112 cm³/mol. The number of rotatable bonds is 7. The lowest BCUT2D eigenvalue weighted by molar-refractivity contribution is -0.150. The molecule has 0 amide bonds. The molecule has 0 aliphatic heterocycles. The van der Waals surface area contributed by atoms with Crippen LogP contribution >= 0.6 is 0 Å². The summed E-state index contributed by atoms with van der Waals surface area (Å²) in [5.41, 5.74) is -0.409. The maximum absolute atomic E-state index is 12.6. The molecular weight excluding hydrogens is 390 g/mol. The number of aromatic nitrogens is 2. The summed E-state index contributed by atoms with van der Waals surface area (Å²) < 4.78 is 16.7. The minimum Gasteiger partial charge on any atom is -0.493 e. The molecule has 1 atom stereocenters. The van der Waals surface area contributed by atoms with Crippen molar-refractivity contribution in [2.75, 3.05) is 13.7 Å². The van der Waals surface area contributed by atoms with Gasteiger partial charge in [-0.1, -0.05) is 18.2 Å². The molecule has 0 saturated heterocycles. The minimum absolute atomic E-state index is 0.223. The quantitative estimate of drug-likeness (QED) is 0.470. The Bertz CT molecular complexity index is 1210. The first-order valence-corrected chi connectivity index (χ1v) is 9.25. The number of nitrogens with one attached hydrogen (secondary N) is 1. The third kappa shape index (κ3) is 4.24. The number of para-hydroxylation sites is 2. The van der Waals surface area contributed by atoms with Gasteiger partial charge < -0.3 is 19.2 Å². The fourth-order valence-corrected chi connectivity index (χ4v) is 2.78. The Hall–Kier alpha value is -3.88. The van der Waals surface area contributed by atoms with Crippen LogP contribution in [0.1, 0.15) is 19.4 Å². The van der Waals surface area contributed by atoms with Crippen LogP contribution in [0.5, 0.6) is 11.5 Å². The second-order valence-corrected chi connectivity index (χ2v) is 6.23. The van der Waals surface area contributed by atoms with E-state index >= 15 is 0 Å².